The molecule has 3 aromatic rings. The molecular weight excluding hydrogens is 386 g/mol. The highest BCUT2D eigenvalue weighted by Gasteiger charge is 2.14. The first-order valence-electron chi connectivity index (χ1n) is 8.93. The zero-order chi connectivity index (χ0) is 21.5. The first-order valence-corrected chi connectivity index (χ1v) is 8.93. The number of hydrogen-bond donors (Lipinski definition) is 4. The average molecular weight is 405 g/mol. The van der Waals surface area contributed by atoms with Crippen LogP contribution in [0.5, 0.6) is 0 Å². The third-order valence-electron chi connectivity index (χ3n) is 3.98. The molecule has 1 heterocycles. The van der Waals surface area contributed by atoms with E-state index in [1.807, 2.05) is 0 Å². The van der Waals surface area contributed by atoms with Crippen LogP contribution >= 0.6 is 0 Å². The van der Waals surface area contributed by atoms with Crippen LogP contribution in [0.15, 0.2) is 59.9 Å². The summed E-state index contributed by atoms with van der Waals surface area (Å²) in [6.07, 6.45) is 1.28. The standard InChI is InChI=1S/C20H19N7O3/c1-12(28)23-13-7-9-14(10-8-13)24-20-22-11-17(27-30)18(26-20)25-16-6-4-3-5-15(16)19(29)21-2/h3-11H,1-2H3,(H,21,29)(H,23,28)(H2,22,24,25,26). The molecule has 0 spiro atoms. The summed E-state index contributed by atoms with van der Waals surface area (Å²) in [6, 6.07) is 13.8. The molecule has 2 amide bonds. The monoisotopic (exact) mass is 405 g/mol. The van der Waals surface area contributed by atoms with E-state index in [4.69, 9.17) is 0 Å². The van der Waals surface area contributed by atoms with Crippen molar-refractivity contribution in [1.29, 1.82) is 0 Å². The summed E-state index contributed by atoms with van der Waals surface area (Å²) in [6.45, 7) is 1.43. The molecule has 0 saturated heterocycles. The molecule has 0 saturated carbocycles. The second-order valence-corrected chi connectivity index (χ2v) is 6.15. The van der Waals surface area contributed by atoms with Crippen molar-refractivity contribution in [1.82, 2.24) is 15.3 Å². The van der Waals surface area contributed by atoms with Gasteiger partial charge in [-0.1, -0.05) is 12.1 Å². The number of aromatic nitrogens is 2. The summed E-state index contributed by atoms with van der Waals surface area (Å²) in [5.74, 6) is -0.0857. The van der Waals surface area contributed by atoms with Crippen molar-refractivity contribution in [3.8, 4) is 0 Å². The largest absolute Gasteiger partial charge is 0.355 e. The zero-order valence-electron chi connectivity index (χ0n) is 16.3. The number of amides is 2. The third-order valence-corrected chi connectivity index (χ3v) is 3.98. The predicted octanol–water partition coefficient (Wildman–Crippen LogP) is 3.68. The molecule has 1 aromatic heterocycles. The highest BCUT2D eigenvalue weighted by molar-refractivity contribution is 6.00. The fraction of sp³-hybridized carbons (Fsp3) is 0.100. The summed E-state index contributed by atoms with van der Waals surface area (Å²) in [7, 11) is 1.53. The number of nitrogens with zero attached hydrogens (tertiary/aromatic N) is 3. The molecule has 0 aliphatic rings. The molecule has 10 nitrogen and oxygen atoms in total. The van der Waals surface area contributed by atoms with Crippen molar-refractivity contribution in [2.45, 2.75) is 6.92 Å². The van der Waals surface area contributed by atoms with E-state index in [9.17, 15) is 14.5 Å². The smallest absolute Gasteiger partial charge is 0.253 e. The number of rotatable bonds is 7. The van der Waals surface area contributed by atoms with Crippen molar-refractivity contribution < 1.29 is 9.59 Å². The quantitative estimate of drug-likeness (QED) is 0.440. The number of para-hydroxylation sites is 1. The minimum absolute atomic E-state index is 0.00624. The van der Waals surface area contributed by atoms with Gasteiger partial charge in [-0.05, 0) is 41.6 Å². The van der Waals surface area contributed by atoms with E-state index in [0.717, 1.165) is 0 Å². The molecule has 0 bridgehead atoms. The van der Waals surface area contributed by atoms with Crippen molar-refractivity contribution in [3.05, 3.63) is 65.2 Å². The van der Waals surface area contributed by atoms with Gasteiger partial charge < -0.3 is 21.3 Å². The second-order valence-electron chi connectivity index (χ2n) is 6.15. The first kappa shape index (κ1) is 20.4. The van der Waals surface area contributed by atoms with E-state index in [0.29, 0.717) is 22.6 Å². The van der Waals surface area contributed by atoms with Crippen LogP contribution in [0, 0.1) is 4.91 Å². The Hall–Kier alpha value is -4.34. The van der Waals surface area contributed by atoms with Crippen LogP contribution in [-0.2, 0) is 4.79 Å². The van der Waals surface area contributed by atoms with Crippen molar-refractivity contribution in [2.75, 3.05) is 23.0 Å². The van der Waals surface area contributed by atoms with Crippen LogP contribution in [0.25, 0.3) is 0 Å². The number of nitroso groups, excluding NO2 is 1. The van der Waals surface area contributed by atoms with Crippen molar-refractivity contribution in [2.24, 2.45) is 5.18 Å². The van der Waals surface area contributed by atoms with Gasteiger partial charge in [0.1, 0.15) is 0 Å². The molecule has 0 fully saturated rings. The number of anilines is 5. The highest BCUT2D eigenvalue weighted by Crippen LogP contribution is 2.29. The lowest BCUT2D eigenvalue weighted by Gasteiger charge is -2.12. The van der Waals surface area contributed by atoms with Gasteiger partial charge in [0, 0.05) is 25.3 Å². The lowest BCUT2D eigenvalue weighted by Crippen LogP contribution is -2.19. The maximum absolute atomic E-state index is 12.1. The van der Waals surface area contributed by atoms with Gasteiger partial charge in [-0.25, -0.2) is 4.98 Å². The summed E-state index contributed by atoms with van der Waals surface area (Å²) in [4.78, 5) is 42.8. The SMILES string of the molecule is CNC(=O)c1ccccc1Nc1nc(Nc2ccc(NC(C)=O)cc2)ncc1N=O. The van der Waals surface area contributed by atoms with Crippen LogP contribution in [0.1, 0.15) is 17.3 Å². The Bertz CT molecular complexity index is 1080. The van der Waals surface area contributed by atoms with E-state index >= 15 is 0 Å². The first-order chi connectivity index (χ1) is 14.5. The lowest BCUT2D eigenvalue weighted by molar-refractivity contribution is -0.114. The number of nitrogens with one attached hydrogen (secondary N) is 4. The van der Waals surface area contributed by atoms with Gasteiger partial charge in [-0.15, -0.1) is 4.91 Å². The Morgan fingerprint density at radius 1 is 0.967 bits per heavy atom. The molecule has 2 aromatic carbocycles. The maximum Gasteiger partial charge on any atom is 0.253 e. The van der Waals surface area contributed by atoms with Crippen LogP contribution in [-0.4, -0.2) is 28.8 Å². The van der Waals surface area contributed by atoms with Crippen LogP contribution in [0.3, 0.4) is 0 Å². The van der Waals surface area contributed by atoms with E-state index in [2.05, 4.69) is 36.4 Å². The number of carbonyl (C=O) groups excluding carboxylic acids is 2. The maximum atomic E-state index is 12.1. The summed E-state index contributed by atoms with van der Waals surface area (Å²) in [5, 5.41) is 14.2. The zero-order valence-corrected chi connectivity index (χ0v) is 16.3. The van der Waals surface area contributed by atoms with Crippen LogP contribution in [0.2, 0.25) is 0 Å². The van der Waals surface area contributed by atoms with E-state index in [1.165, 1.54) is 20.2 Å². The molecule has 10 heteroatoms. The highest BCUT2D eigenvalue weighted by atomic mass is 16.3. The minimum atomic E-state index is -0.287. The molecule has 0 aliphatic heterocycles. The Kier molecular flexibility index (Phi) is 6.28. The van der Waals surface area contributed by atoms with Gasteiger partial charge in [-0.3, -0.25) is 9.59 Å². The summed E-state index contributed by atoms with van der Waals surface area (Å²) in [5.41, 5.74) is 2.17. The number of hydrogen-bond acceptors (Lipinski definition) is 8. The third kappa shape index (κ3) is 4.93. The second kappa shape index (κ2) is 9.24. The molecular formula is C20H19N7O3. The molecule has 0 atom stereocenters. The molecule has 0 aliphatic carbocycles. The van der Waals surface area contributed by atoms with E-state index < -0.39 is 0 Å². The molecule has 0 unspecified atom stereocenters. The lowest BCUT2D eigenvalue weighted by atomic mass is 10.1. The van der Waals surface area contributed by atoms with Crippen molar-refractivity contribution >= 4 is 46.3 Å². The van der Waals surface area contributed by atoms with Gasteiger partial charge >= 0.3 is 0 Å². The average Bonchev–Trinajstić information content (AvgIpc) is 2.75. The van der Waals surface area contributed by atoms with Gasteiger partial charge in [0.25, 0.3) is 5.91 Å². The van der Waals surface area contributed by atoms with Gasteiger partial charge in [-0.2, -0.15) is 4.98 Å². The molecule has 30 heavy (non-hydrogen) atoms. The fourth-order valence-electron chi connectivity index (χ4n) is 2.62. The topological polar surface area (TPSA) is 137 Å². The Morgan fingerprint density at radius 3 is 2.33 bits per heavy atom. The van der Waals surface area contributed by atoms with Gasteiger partial charge in [0.2, 0.25) is 11.9 Å². The number of carbonyl (C=O) groups is 2. The van der Waals surface area contributed by atoms with E-state index in [-0.39, 0.29) is 29.3 Å². The Balaban J connectivity index is 1.85. The molecule has 3 rings (SSSR count). The molecule has 152 valence electrons. The van der Waals surface area contributed by atoms with Crippen molar-refractivity contribution in [3.63, 3.8) is 0 Å². The summed E-state index contributed by atoms with van der Waals surface area (Å²) >= 11 is 0. The van der Waals surface area contributed by atoms with Crippen LogP contribution < -0.4 is 21.3 Å². The predicted molar refractivity (Wildman–Crippen MR) is 115 cm³/mol. The minimum Gasteiger partial charge on any atom is -0.355 e. The van der Waals surface area contributed by atoms with Crippen LogP contribution in [0.4, 0.5) is 34.5 Å². The Labute approximate surface area is 172 Å². The van der Waals surface area contributed by atoms with Gasteiger partial charge in [0.15, 0.2) is 11.5 Å². The normalized spacial score (nSPS) is 10.1. The number of benzene rings is 2. The summed E-state index contributed by atoms with van der Waals surface area (Å²) < 4.78 is 0. The molecule has 0 radical (unpaired) electrons. The van der Waals surface area contributed by atoms with E-state index in [1.54, 1.807) is 48.5 Å². The van der Waals surface area contributed by atoms with Gasteiger partial charge in [0.05, 0.1) is 17.4 Å². The Morgan fingerprint density at radius 2 is 1.67 bits per heavy atom. The fourth-order valence-corrected chi connectivity index (χ4v) is 2.62. The molecule has 4 N–H and O–H groups in total.